The van der Waals surface area contributed by atoms with Crippen molar-refractivity contribution in [2.75, 3.05) is 56.2 Å². The minimum atomic E-state index is -0.0852. The summed E-state index contributed by atoms with van der Waals surface area (Å²) in [5.74, 6) is -0.105. The lowest BCUT2D eigenvalue weighted by Gasteiger charge is -2.33. The Bertz CT molecular complexity index is 856. The highest BCUT2D eigenvalue weighted by molar-refractivity contribution is 7.98. The van der Waals surface area contributed by atoms with E-state index in [4.69, 9.17) is 11.6 Å². The summed E-state index contributed by atoms with van der Waals surface area (Å²) in [5.41, 5.74) is 1.44. The molecule has 1 heterocycles. The van der Waals surface area contributed by atoms with Gasteiger partial charge in [-0.15, -0.1) is 11.8 Å². The van der Waals surface area contributed by atoms with Crippen LogP contribution in [0.4, 0.5) is 11.4 Å². The fourth-order valence-corrected chi connectivity index (χ4v) is 3.81. The smallest absolute Gasteiger partial charge is 0.238 e. The largest absolute Gasteiger partial charge is 0.325 e. The number of amides is 2. The maximum absolute atomic E-state index is 12.3. The number of carbonyl (C=O) groups is 2. The summed E-state index contributed by atoms with van der Waals surface area (Å²) in [6.07, 6.45) is 2.01. The van der Waals surface area contributed by atoms with E-state index in [1.165, 1.54) is 0 Å². The summed E-state index contributed by atoms with van der Waals surface area (Å²) in [4.78, 5) is 29.9. The molecule has 0 bridgehead atoms. The van der Waals surface area contributed by atoms with Crippen LogP contribution in [0.1, 0.15) is 0 Å². The molecule has 2 amide bonds. The molecule has 1 saturated heterocycles. The van der Waals surface area contributed by atoms with Crippen molar-refractivity contribution in [2.45, 2.75) is 4.90 Å². The zero-order valence-corrected chi connectivity index (χ0v) is 17.9. The van der Waals surface area contributed by atoms with E-state index in [-0.39, 0.29) is 11.8 Å². The zero-order valence-electron chi connectivity index (χ0n) is 16.4. The van der Waals surface area contributed by atoms with E-state index < -0.39 is 0 Å². The molecule has 0 spiro atoms. The molecular weight excluding hydrogens is 408 g/mol. The van der Waals surface area contributed by atoms with E-state index in [1.807, 2.05) is 42.7 Å². The minimum absolute atomic E-state index is 0.0202. The molecule has 2 N–H and O–H groups in total. The molecule has 3 rings (SSSR count). The molecule has 154 valence electrons. The first-order valence-electron chi connectivity index (χ1n) is 9.46. The van der Waals surface area contributed by atoms with Gasteiger partial charge in [0.1, 0.15) is 0 Å². The Labute approximate surface area is 180 Å². The minimum Gasteiger partial charge on any atom is -0.325 e. The van der Waals surface area contributed by atoms with Gasteiger partial charge in [0.25, 0.3) is 0 Å². The average Bonchev–Trinajstić information content (AvgIpc) is 2.71. The van der Waals surface area contributed by atoms with E-state index in [1.54, 1.807) is 23.9 Å². The van der Waals surface area contributed by atoms with Gasteiger partial charge in [0, 0.05) is 36.8 Å². The molecule has 0 aliphatic carbocycles. The Morgan fingerprint density at radius 1 is 0.931 bits per heavy atom. The number of nitrogens with zero attached hydrogens (tertiary/aromatic N) is 2. The molecule has 2 aromatic rings. The summed E-state index contributed by atoms with van der Waals surface area (Å²) in [6, 6.07) is 15.0. The first-order chi connectivity index (χ1) is 14.0. The average molecular weight is 433 g/mol. The van der Waals surface area contributed by atoms with Crippen molar-refractivity contribution >= 4 is 46.6 Å². The molecule has 0 saturated carbocycles. The van der Waals surface area contributed by atoms with Crippen LogP contribution in [0, 0.1) is 0 Å². The van der Waals surface area contributed by atoms with Crippen molar-refractivity contribution < 1.29 is 9.59 Å². The van der Waals surface area contributed by atoms with Crippen molar-refractivity contribution in [3.05, 3.63) is 53.6 Å². The van der Waals surface area contributed by atoms with Crippen LogP contribution >= 0.6 is 23.4 Å². The van der Waals surface area contributed by atoms with Crippen molar-refractivity contribution in [1.82, 2.24) is 9.80 Å². The molecule has 1 aliphatic rings. The van der Waals surface area contributed by atoms with Gasteiger partial charge in [-0.25, -0.2) is 0 Å². The second-order valence-corrected chi connectivity index (χ2v) is 8.15. The summed E-state index contributed by atoms with van der Waals surface area (Å²) in [6.45, 7) is 3.64. The molecule has 2 aromatic carbocycles. The van der Waals surface area contributed by atoms with Gasteiger partial charge in [0.2, 0.25) is 11.8 Å². The lowest BCUT2D eigenvalue weighted by Crippen LogP contribution is -2.50. The van der Waals surface area contributed by atoms with Crippen molar-refractivity contribution in [1.29, 1.82) is 0 Å². The third-order valence-corrected chi connectivity index (χ3v) is 5.76. The van der Waals surface area contributed by atoms with Gasteiger partial charge in [0.05, 0.1) is 23.8 Å². The molecule has 0 radical (unpaired) electrons. The van der Waals surface area contributed by atoms with E-state index in [0.29, 0.717) is 23.8 Å². The first-order valence-corrected chi connectivity index (χ1v) is 11.1. The molecule has 29 heavy (non-hydrogen) atoms. The van der Waals surface area contributed by atoms with Crippen molar-refractivity contribution in [3.63, 3.8) is 0 Å². The number of carbonyl (C=O) groups excluding carboxylic acids is 2. The number of hydrogen-bond donors (Lipinski definition) is 2. The number of para-hydroxylation sites is 1. The van der Waals surface area contributed by atoms with Gasteiger partial charge in [-0.2, -0.15) is 0 Å². The highest BCUT2D eigenvalue weighted by atomic mass is 35.5. The van der Waals surface area contributed by atoms with Gasteiger partial charge < -0.3 is 10.6 Å². The SMILES string of the molecule is CSc1cccc(NC(=O)CN2CCN(CC(=O)Nc3ccccc3Cl)CC2)c1. The molecule has 0 unspecified atom stereocenters. The Balaban J connectivity index is 1.40. The summed E-state index contributed by atoms with van der Waals surface area (Å²) < 4.78 is 0. The summed E-state index contributed by atoms with van der Waals surface area (Å²) >= 11 is 7.72. The van der Waals surface area contributed by atoms with Crippen LogP contribution in [0.5, 0.6) is 0 Å². The Morgan fingerprint density at radius 2 is 1.55 bits per heavy atom. The maximum Gasteiger partial charge on any atom is 0.238 e. The van der Waals surface area contributed by atoms with Crippen LogP contribution in [-0.4, -0.2) is 67.1 Å². The topological polar surface area (TPSA) is 64.7 Å². The number of anilines is 2. The maximum atomic E-state index is 12.3. The Hall–Kier alpha value is -2.06. The predicted molar refractivity (Wildman–Crippen MR) is 120 cm³/mol. The summed E-state index contributed by atoms with van der Waals surface area (Å²) in [7, 11) is 0. The van der Waals surface area contributed by atoms with E-state index in [9.17, 15) is 9.59 Å². The van der Waals surface area contributed by atoms with Crippen molar-refractivity contribution in [2.24, 2.45) is 0 Å². The van der Waals surface area contributed by atoms with Gasteiger partial charge in [-0.3, -0.25) is 19.4 Å². The third-order valence-electron chi connectivity index (χ3n) is 4.70. The number of hydrogen-bond acceptors (Lipinski definition) is 5. The number of halogens is 1. The number of thioether (sulfide) groups is 1. The molecule has 8 heteroatoms. The molecule has 0 aromatic heterocycles. The van der Waals surface area contributed by atoms with E-state index in [0.717, 1.165) is 36.8 Å². The Kier molecular flexibility index (Phi) is 7.94. The second kappa shape index (κ2) is 10.6. The van der Waals surface area contributed by atoms with Gasteiger partial charge >= 0.3 is 0 Å². The number of benzene rings is 2. The normalized spacial score (nSPS) is 15.1. The number of piperazine rings is 1. The standard InChI is InChI=1S/C21H25ClN4O2S/c1-29-17-6-4-5-16(13-17)23-20(27)14-25-9-11-26(12-10-25)15-21(28)24-19-8-3-2-7-18(19)22/h2-8,13H,9-12,14-15H2,1H3,(H,23,27)(H,24,28). The van der Waals surface area contributed by atoms with Gasteiger partial charge in [0.15, 0.2) is 0 Å². The van der Waals surface area contributed by atoms with Crippen LogP contribution in [0.25, 0.3) is 0 Å². The second-order valence-electron chi connectivity index (χ2n) is 6.86. The molecule has 0 atom stereocenters. The van der Waals surface area contributed by atoms with Crippen LogP contribution in [-0.2, 0) is 9.59 Å². The van der Waals surface area contributed by atoms with Crippen molar-refractivity contribution in [3.8, 4) is 0 Å². The monoisotopic (exact) mass is 432 g/mol. The Morgan fingerprint density at radius 3 is 2.17 bits per heavy atom. The van der Waals surface area contributed by atoms with E-state index in [2.05, 4.69) is 20.4 Å². The van der Waals surface area contributed by atoms with Gasteiger partial charge in [-0.05, 0) is 36.6 Å². The number of rotatable bonds is 7. The fourth-order valence-electron chi connectivity index (χ4n) is 3.17. The first kappa shape index (κ1) is 21.6. The van der Waals surface area contributed by atoms with Gasteiger partial charge in [-0.1, -0.05) is 29.8 Å². The molecule has 1 fully saturated rings. The fraction of sp³-hybridized carbons (Fsp3) is 0.333. The van der Waals surface area contributed by atoms with Crippen LogP contribution in [0.15, 0.2) is 53.4 Å². The summed E-state index contributed by atoms with van der Waals surface area (Å²) in [5, 5.41) is 6.33. The predicted octanol–water partition coefficient (Wildman–Crippen LogP) is 3.26. The molecule has 6 nitrogen and oxygen atoms in total. The molecule has 1 aliphatic heterocycles. The van der Waals surface area contributed by atoms with Crippen LogP contribution in [0.3, 0.4) is 0 Å². The van der Waals surface area contributed by atoms with E-state index >= 15 is 0 Å². The third kappa shape index (κ3) is 6.75. The highest BCUT2D eigenvalue weighted by Crippen LogP contribution is 2.20. The quantitative estimate of drug-likeness (QED) is 0.657. The molecular formula is C21H25ClN4O2S. The number of nitrogens with one attached hydrogen (secondary N) is 2. The zero-order chi connectivity index (χ0) is 20.6. The van der Waals surface area contributed by atoms with Crippen LogP contribution < -0.4 is 10.6 Å². The highest BCUT2D eigenvalue weighted by Gasteiger charge is 2.21. The lowest BCUT2D eigenvalue weighted by molar-refractivity contribution is -0.120. The van der Waals surface area contributed by atoms with Crippen LogP contribution in [0.2, 0.25) is 5.02 Å². The lowest BCUT2D eigenvalue weighted by atomic mass is 10.3.